The molecule has 0 aromatic carbocycles. The van der Waals surface area contributed by atoms with E-state index in [1.807, 2.05) is 12.3 Å². The Morgan fingerprint density at radius 2 is 2.22 bits per heavy atom. The van der Waals surface area contributed by atoms with Gasteiger partial charge in [0.25, 0.3) is 11.4 Å². The summed E-state index contributed by atoms with van der Waals surface area (Å²) in [6.45, 7) is 1.88. The molecule has 0 saturated heterocycles. The van der Waals surface area contributed by atoms with Crippen LogP contribution in [0.4, 0.5) is 0 Å². The standard InChI is InChI=1S/C14H10N4O4S/c1-8-7-23-13-15-9(5-11(19)18(8)13)6-17-14(20)22-12(16-17)10-3-2-4-21-10/h2-5,7H,6H2,1H3. The van der Waals surface area contributed by atoms with Crippen molar-refractivity contribution in [2.24, 2.45) is 0 Å². The van der Waals surface area contributed by atoms with Gasteiger partial charge in [0.2, 0.25) is 0 Å². The fraction of sp³-hybridized carbons (Fsp3) is 0.143. The monoisotopic (exact) mass is 330 g/mol. The van der Waals surface area contributed by atoms with Crippen molar-refractivity contribution in [2.75, 3.05) is 0 Å². The number of hydrogen-bond acceptors (Lipinski definition) is 7. The van der Waals surface area contributed by atoms with E-state index in [2.05, 4.69) is 10.1 Å². The number of rotatable bonds is 3. The first kappa shape index (κ1) is 13.7. The quantitative estimate of drug-likeness (QED) is 0.565. The Balaban J connectivity index is 1.74. The highest BCUT2D eigenvalue weighted by Crippen LogP contribution is 2.15. The average molecular weight is 330 g/mol. The molecule has 0 radical (unpaired) electrons. The molecule has 0 amide bonds. The molecule has 0 spiro atoms. The molecule has 4 rings (SSSR count). The van der Waals surface area contributed by atoms with Gasteiger partial charge in [-0.3, -0.25) is 9.20 Å². The second-order valence-electron chi connectivity index (χ2n) is 4.89. The molecule has 0 atom stereocenters. The molecule has 4 heterocycles. The number of furan rings is 1. The third-order valence-corrected chi connectivity index (χ3v) is 4.22. The van der Waals surface area contributed by atoms with Crippen molar-refractivity contribution in [3.8, 4) is 11.7 Å². The first-order valence-electron chi connectivity index (χ1n) is 6.70. The van der Waals surface area contributed by atoms with E-state index < -0.39 is 5.76 Å². The van der Waals surface area contributed by atoms with Crippen molar-refractivity contribution >= 4 is 16.3 Å². The van der Waals surface area contributed by atoms with Gasteiger partial charge in [0.05, 0.1) is 18.5 Å². The maximum atomic E-state index is 12.1. The molecule has 0 aliphatic rings. The molecule has 0 aliphatic carbocycles. The molecule has 0 fully saturated rings. The lowest BCUT2D eigenvalue weighted by molar-refractivity contribution is 0.475. The van der Waals surface area contributed by atoms with E-state index in [-0.39, 0.29) is 18.0 Å². The lowest BCUT2D eigenvalue weighted by atomic mass is 10.4. The van der Waals surface area contributed by atoms with Crippen molar-refractivity contribution in [1.29, 1.82) is 0 Å². The van der Waals surface area contributed by atoms with Crippen LogP contribution in [0.3, 0.4) is 0 Å². The predicted octanol–water partition coefficient (Wildman–Crippen LogP) is 1.52. The maximum absolute atomic E-state index is 12.1. The Kier molecular flexibility index (Phi) is 3.01. The van der Waals surface area contributed by atoms with Gasteiger partial charge in [0.1, 0.15) is 0 Å². The van der Waals surface area contributed by atoms with E-state index in [1.165, 1.54) is 28.1 Å². The molecule has 0 unspecified atom stereocenters. The minimum atomic E-state index is -0.638. The zero-order valence-electron chi connectivity index (χ0n) is 11.9. The number of nitrogens with zero attached hydrogens (tertiary/aromatic N) is 4. The predicted molar refractivity (Wildman–Crippen MR) is 81.6 cm³/mol. The summed E-state index contributed by atoms with van der Waals surface area (Å²) in [5, 5.41) is 5.91. The van der Waals surface area contributed by atoms with Crippen LogP contribution in [-0.4, -0.2) is 19.2 Å². The van der Waals surface area contributed by atoms with Gasteiger partial charge in [-0.05, 0) is 19.1 Å². The summed E-state index contributed by atoms with van der Waals surface area (Å²) in [6.07, 6.45) is 1.46. The molecular formula is C14H10N4O4S. The Labute approximate surface area is 132 Å². The molecule has 0 saturated carbocycles. The van der Waals surface area contributed by atoms with Crippen LogP contribution in [0, 0.1) is 6.92 Å². The van der Waals surface area contributed by atoms with E-state index in [0.717, 1.165) is 10.4 Å². The van der Waals surface area contributed by atoms with Gasteiger partial charge < -0.3 is 8.83 Å². The van der Waals surface area contributed by atoms with E-state index in [9.17, 15) is 9.59 Å². The van der Waals surface area contributed by atoms with Crippen molar-refractivity contribution in [1.82, 2.24) is 19.2 Å². The highest BCUT2D eigenvalue weighted by Gasteiger charge is 2.14. The highest BCUT2D eigenvalue weighted by atomic mass is 32.1. The van der Waals surface area contributed by atoms with Crippen LogP contribution in [-0.2, 0) is 6.54 Å². The first-order chi connectivity index (χ1) is 11.1. The molecule has 4 aromatic heterocycles. The van der Waals surface area contributed by atoms with E-state index in [4.69, 9.17) is 8.83 Å². The van der Waals surface area contributed by atoms with Gasteiger partial charge in [-0.1, -0.05) is 0 Å². The van der Waals surface area contributed by atoms with Crippen molar-refractivity contribution < 1.29 is 8.83 Å². The van der Waals surface area contributed by atoms with Crippen LogP contribution >= 0.6 is 11.3 Å². The van der Waals surface area contributed by atoms with Crippen LogP contribution < -0.4 is 11.3 Å². The molecule has 116 valence electrons. The second-order valence-corrected chi connectivity index (χ2v) is 5.73. The molecule has 23 heavy (non-hydrogen) atoms. The van der Waals surface area contributed by atoms with Gasteiger partial charge >= 0.3 is 5.76 Å². The zero-order valence-corrected chi connectivity index (χ0v) is 12.7. The third kappa shape index (κ3) is 2.30. The van der Waals surface area contributed by atoms with Crippen molar-refractivity contribution in [2.45, 2.75) is 13.5 Å². The lowest BCUT2D eigenvalue weighted by Gasteiger charge is -2.00. The molecular weight excluding hydrogens is 320 g/mol. The number of hydrogen-bond donors (Lipinski definition) is 0. The Morgan fingerprint density at radius 3 is 3.00 bits per heavy atom. The maximum Gasteiger partial charge on any atom is 0.437 e. The van der Waals surface area contributed by atoms with Gasteiger partial charge in [-0.2, -0.15) is 4.68 Å². The van der Waals surface area contributed by atoms with Crippen LogP contribution in [0.1, 0.15) is 11.4 Å². The van der Waals surface area contributed by atoms with Gasteiger partial charge in [0, 0.05) is 17.1 Å². The van der Waals surface area contributed by atoms with Crippen molar-refractivity contribution in [3.63, 3.8) is 0 Å². The van der Waals surface area contributed by atoms with Crippen LogP contribution in [0.5, 0.6) is 0 Å². The minimum Gasteiger partial charge on any atom is -0.459 e. The van der Waals surface area contributed by atoms with E-state index >= 15 is 0 Å². The smallest absolute Gasteiger partial charge is 0.437 e. The summed E-state index contributed by atoms with van der Waals surface area (Å²) < 4.78 is 12.8. The lowest BCUT2D eigenvalue weighted by Crippen LogP contribution is -2.21. The summed E-state index contributed by atoms with van der Waals surface area (Å²) in [5.41, 5.74) is 1.08. The average Bonchev–Trinajstić information content (AvgIpc) is 3.21. The summed E-state index contributed by atoms with van der Waals surface area (Å²) in [6, 6.07) is 4.70. The van der Waals surface area contributed by atoms with Crippen molar-refractivity contribution in [3.05, 3.63) is 62.1 Å². The third-order valence-electron chi connectivity index (χ3n) is 3.28. The van der Waals surface area contributed by atoms with Gasteiger partial charge in [-0.15, -0.1) is 16.4 Å². The Bertz CT molecular complexity index is 1100. The summed E-state index contributed by atoms with van der Waals surface area (Å²) in [7, 11) is 0. The van der Waals surface area contributed by atoms with Crippen LogP contribution in [0.15, 0.2) is 48.3 Å². The second kappa shape index (κ2) is 5.06. The fourth-order valence-electron chi connectivity index (χ4n) is 2.24. The number of thiazole rings is 1. The van der Waals surface area contributed by atoms with Crippen LogP contribution in [0.2, 0.25) is 0 Å². The fourth-order valence-corrected chi connectivity index (χ4v) is 3.13. The molecule has 0 aliphatic heterocycles. The van der Waals surface area contributed by atoms with Crippen LogP contribution in [0.25, 0.3) is 16.6 Å². The first-order valence-corrected chi connectivity index (χ1v) is 7.58. The molecule has 0 bridgehead atoms. The number of fused-ring (bicyclic) bond motifs is 1. The largest absolute Gasteiger partial charge is 0.459 e. The minimum absolute atomic E-state index is 0.0474. The topological polar surface area (TPSA) is 95.5 Å². The molecule has 4 aromatic rings. The molecule has 0 N–H and O–H groups in total. The molecule has 8 nitrogen and oxygen atoms in total. The van der Waals surface area contributed by atoms with E-state index in [0.29, 0.717) is 16.4 Å². The van der Waals surface area contributed by atoms with Gasteiger partial charge in [-0.25, -0.2) is 9.78 Å². The summed E-state index contributed by atoms with van der Waals surface area (Å²) in [5.74, 6) is -0.191. The van der Waals surface area contributed by atoms with Gasteiger partial charge in [0.15, 0.2) is 10.7 Å². The van der Waals surface area contributed by atoms with E-state index in [1.54, 1.807) is 12.1 Å². The number of aryl methyl sites for hydroxylation is 1. The SMILES string of the molecule is Cc1csc2nc(Cn3nc(-c4ccco4)oc3=O)cc(=O)n12. The molecule has 9 heteroatoms. The highest BCUT2D eigenvalue weighted by molar-refractivity contribution is 7.15. The normalized spacial score (nSPS) is 11.3. The Morgan fingerprint density at radius 1 is 1.35 bits per heavy atom. The summed E-state index contributed by atoms with van der Waals surface area (Å²) >= 11 is 1.37. The zero-order chi connectivity index (χ0) is 16.0. The Hall–Kier alpha value is -2.94. The number of aromatic nitrogens is 4. The summed E-state index contributed by atoms with van der Waals surface area (Å²) in [4.78, 5) is 29.0.